The Morgan fingerprint density at radius 1 is 0.850 bits per heavy atom. The normalized spacial score (nSPS) is 22.5. The first-order chi connectivity index (χ1) is 9.86. The Bertz CT molecular complexity index is 202. The molecule has 0 bridgehead atoms. The first-order valence-electron chi connectivity index (χ1n) is 9.36. The van der Waals surface area contributed by atoms with E-state index in [0.717, 1.165) is 18.3 Å². The summed E-state index contributed by atoms with van der Waals surface area (Å²) >= 11 is 0. The zero-order valence-corrected chi connectivity index (χ0v) is 14.0. The van der Waals surface area contributed by atoms with Crippen molar-refractivity contribution in [1.82, 2.24) is 5.32 Å². The summed E-state index contributed by atoms with van der Waals surface area (Å²) in [6, 6.07) is 0. The van der Waals surface area contributed by atoms with Gasteiger partial charge >= 0.3 is 0 Å². The Morgan fingerprint density at radius 2 is 1.50 bits per heavy atom. The molecule has 1 rings (SSSR count). The Labute approximate surface area is 128 Å². The quantitative estimate of drug-likeness (QED) is 0.424. The van der Waals surface area contributed by atoms with Gasteiger partial charge in [-0.2, -0.15) is 0 Å². The summed E-state index contributed by atoms with van der Waals surface area (Å²) in [5.74, 6) is 2.12. The van der Waals surface area contributed by atoms with E-state index in [2.05, 4.69) is 19.2 Å². The van der Waals surface area contributed by atoms with Crippen molar-refractivity contribution in [3.63, 3.8) is 0 Å². The molecule has 1 nitrogen and oxygen atoms in total. The van der Waals surface area contributed by atoms with E-state index in [1.54, 1.807) is 0 Å². The highest BCUT2D eigenvalue weighted by molar-refractivity contribution is 4.75. The van der Waals surface area contributed by atoms with Crippen LogP contribution in [0.25, 0.3) is 0 Å². The molecule has 20 heavy (non-hydrogen) atoms. The molecule has 1 aliphatic carbocycles. The zero-order chi connectivity index (χ0) is 14.5. The fraction of sp³-hybridized carbons (Fsp3) is 0.947. The van der Waals surface area contributed by atoms with Crippen molar-refractivity contribution in [2.24, 2.45) is 11.8 Å². The summed E-state index contributed by atoms with van der Waals surface area (Å²) in [7, 11) is 0. The van der Waals surface area contributed by atoms with Gasteiger partial charge in [0.1, 0.15) is 0 Å². The second kappa shape index (κ2) is 12.7. The maximum atomic E-state index is 3.93. The number of rotatable bonds is 13. The van der Waals surface area contributed by atoms with Crippen LogP contribution in [-0.4, -0.2) is 13.1 Å². The number of nitrogens with one attached hydrogen (secondary N) is 1. The summed E-state index contributed by atoms with van der Waals surface area (Å²) in [4.78, 5) is 0. The molecule has 1 fully saturated rings. The average molecular weight is 281 g/mol. The third-order valence-electron chi connectivity index (χ3n) is 4.94. The van der Waals surface area contributed by atoms with E-state index < -0.39 is 0 Å². The van der Waals surface area contributed by atoms with Crippen molar-refractivity contribution >= 4 is 0 Å². The van der Waals surface area contributed by atoms with Crippen molar-refractivity contribution in [3.8, 4) is 0 Å². The lowest BCUT2D eigenvalue weighted by molar-refractivity contribution is 0.417. The van der Waals surface area contributed by atoms with Gasteiger partial charge in [-0.3, -0.25) is 0 Å². The predicted octanol–water partition coefficient (Wildman–Crippen LogP) is 5.75. The predicted molar refractivity (Wildman–Crippen MR) is 90.9 cm³/mol. The first-order valence-corrected chi connectivity index (χ1v) is 9.36. The topological polar surface area (TPSA) is 12.0 Å². The van der Waals surface area contributed by atoms with E-state index in [1.165, 1.54) is 90.1 Å². The maximum Gasteiger partial charge on any atom is -0.00489 e. The second-order valence-electron chi connectivity index (χ2n) is 6.85. The third-order valence-corrected chi connectivity index (χ3v) is 4.94. The number of hydrogen-bond donors (Lipinski definition) is 1. The highest BCUT2D eigenvalue weighted by Crippen LogP contribution is 2.36. The molecule has 0 aromatic heterocycles. The average Bonchev–Trinajstić information content (AvgIpc) is 2.90. The van der Waals surface area contributed by atoms with Gasteiger partial charge in [0.2, 0.25) is 0 Å². The lowest BCUT2D eigenvalue weighted by Crippen LogP contribution is -2.16. The SMILES string of the molecule is [CH2]CCCCCC1CCC(CCCCNCCCC)C1. The summed E-state index contributed by atoms with van der Waals surface area (Å²) < 4.78 is 0. The van der Waals surface area contributed by atoms with Crippen LogP contribution >= 0.6 is 0 Å². The van der Waals surface area contributed by atoms with Crippen molar-refractivity contribution in [2.75, 3.05) is 13.1 Å². The Balaban J connectivity index is 1.88. The highest BCUT2D eigenvalue weighted by Gasteiger charge is 2.23. The summed E-state index contributed by atoms with van der Waals surface area (Å²) in [5.41, 5.74) is 0. The van der Waals surface area contributed by atoms with Gasteiger partial charge in [0, 0.05) is 0 Å². The van der Waals surface area contributed by atoms with Crippen LogP contribution < -0.4 is 5.32 Å². The molecule has 1 aliphatic rings. The minimum absolute atomic E-state index is 1.06. The van der Waals surface area contributed by atoms with Crippen molar-refractivity contribution in [2.45, 2.75) is 90.4 Å². The van der Waals surface area contributed by atoms with Gasteiger partial charge in [-0.25, -0.2) is 0 Å². The minimum Gasteiger partial charge on any atom is -0.317 e. The fourth-order valence-corrected chi connectivity index (χ4v) is 3.60. The molecule has 0 saturated heterocycles. The fourth-order valence-electron chi connectivity index (χ4n) is 3.60. The van der Waals surface area contributed by atoms with Gasteiger partial charge in [-0.15, -0.1) is 0 Å². The summed E-state index contributed by atoms with van der Waals surface area (Å²) in [6.45, 7) is 8.64. The minimum atomic E-state index is 1.06. The van der Waals surface area contributed by atoms with E-state index in [9.17, 15) is 0 Å². The van der Waals surface area contributed by atoms with E-state index in [4.69, 9.17) is 0 Å². The second-order valence-corrected chi connectivity index (χ2v) is 6.85. The molecular weight excluding hydrogens is 242 g/mol. The molecule has 1 heteroatoms. The zero-order valence-electron chi connectivity index (χ0n) is 14.0. The van der Waals surface area contributed by atoms with Crippen LogP contribution in [0.1, 0.15) is 90.4 Å². The van der Waals surface area contributed by atoms with Crippen LogP contribution in [0.5, 0.6) is 0 Å². The molecule has 1 N–H and O–H groups in total. The Morgan fingerprint density at radius 3 is 2.15 bits per heavy atom. The van der Waals surface area contributed by atoms with E-state index in [-0.39, 0.29) is 0 Å². The third kappa shape index (κ3) is 9.00. The van der Waals surface area contributed by atoms with E-state index in [1.807, 2.05) is 0 Å². The smallest absolute Gasteiger partial charge is 0.00489 e. The van der Waals surface area contributed by atoms with Crippen LogP contribution in [0.2, 0.25) is 0 Å². The molecule has 0 aromatic carbocycles. The number of hydrogen-bond acceptors (Lipinski definition) is 1. The molecule has 2 atom stereocenters. The van der Waals surface area contributed by atoms with Crippen molar-refractivity contribution < 1.29 is 0 Å². The largest absolute Gasteiger partial charge is 0.317 e. The lowest BCUT2D eigenvalue weighted by Gasteiger charge is -2.11. The molecule has 0 heterocycles. The van der Waals surface area contributed by atoms with Crippen LogP contribution in [0.4, 0.5) is 0 Å². The van der Waals surface area contributed by atoms with Gasteiger partial charge in [-0.1, -0.05) is 78.1 Å². The van der Waals surface area contributed by atoms with E-state index in [0.29, 0.717) is 0 Å². The van der Waals surface area contributed by atoms with Crippen LogP contribution in [-0.2, 0) is 0 Å². The first kappa shape index (κ1) is 18.0. The molecule has 2 unspecified atom stereocenters. The van der Waals surface area contributed by atoms with Crippen LogP contribution in [0, 0.1) is 18.8 Å². The van der Waals surface area contributed by atoms with Gasteiger partial charge in [0.05, 0.1) is 0 Å². The number of unbranched alkanes of at least 4 members (excludes halogenated alkanes) is 5. The molecule has 1 radical (unpaired) electrons. The van der Waals surface area contributed by atoms with Crippen molar-refractivity contribution in [3.05, 3.63) is 6.92 Å². The molecule has 0 aromatic rings. The van der Waals surface area contributed by atoms with E-state index >= 15 is 0 Å². The summed E-state index contributed by atoms with van der Waals surface area (Å²) in [5, 5.41) is 3.56. The van der Waals surface area contributed by atoms with Gasteiger partial charge < -0.3 is 5.32 Å². The molecule has 119 valence electrons. The highest BCUT2D eigenvalue weighted by atomic mass is 14.8. The van der Waals surface area contributed by atoms with Crippen LogP contribution in [0.3, 0.4) is 0 Å². The Hall–Kier alpha value is -0.0400. The monoisotopic (exact) mass is 280 g/mol. The molecular formula is C19H38N. The Kier molecular flexibility index (Phi) is 11.4. The molecule has 1 saturated carbocycles. The standard InChI is InChI=1S/C19H38N/c1-3-5-7-8-11-18-13-14-19(17-18)12-9-10-16-20-15-6-4-2/h18-20H,1,3-17H2,2H3. The van der Waals surface area contributed by atoms with Crippen molar-refractivity contribution in [1.29, 1.82) is 0 Å². The molecule has 0 aliphatic heterocycles. The van der Waals surface area contributed by atoms with Gasteiger partial charge in [-0.05, 0) is 44.2 Å². The summed E-state index contributed by atoms with van der Waals surface area (Å²) in [6.07, 6.45) is 18.3. The van der Waals surface area contributed by atoms with Gasteiger partial charge in [0.25, 0.3) is 0 Å². The maximum absolute atomic E-state index is 3.93. The lowest BCUT2D eigenvalue weighted by atomic mass is 9.95. The molecule has 0 amide bonds. The van der Waals surface area contributed by atoms with Crippen LogP contribution in [0.15, 0.2) is 0 Å². The van der Waals surface area contributed by atoms with Gasteiger partial charge in [0.15, 0.2) is 0 Å². The molecule has 0 spiro atoms.